The Balaban J connectivity index is 0. The Labute approximate surface area is 99.8 Å². The molecule has 1 aliphatic heterocycles. The SMILES string of the molecule is C/C=C\CC1SC(C)=NC1C.C=C.CC. The highest BCUT2D eigenvalue weighted by molar-refractivity contribution is 8.14. The topological polar surface area (TPSA) is 12.4 Å². The van der Waals surface area contributed by atoms with E-state index < -0.39 is 0 Å². The van der Waals surface area contributed by atoms with Gasteiger partial charge >= 0.3 is 0 Å². The maximum Gasteiger partial charge on any atom is 0.0652 e. The number of allylic oxidation sites excluding steroid dienone is 2. The van der Waals surface area contributed by atoms with E-state index in [1.807, 2.05) is 25.6 Å². The second-order valence-electron chi connectivity index (χ2n) is 2.85. The average molecular weight is 227 g/mol. The Morgan fingerprint density at radius 3 is 2.27 bits per heavy atom. The number of rotatable bonds is 2. The van der Waals surface area contributed by atoms with Gasteiger partial charge < -0.3 is 0 Å². The van der Waals surface area contributed by atoms with Gasteiger partial charge in [-0.1, -0.05) is 26.0 Å². The zero-order valence-electron chi connectivity index (χ0n) is 10.8. The van der Waals surface area contributed by atoms with Crippen LogP contribution in [0.1, 0.15) is 41.0 Å². The van der Waals surface area contributed by atoms with E-state index in [0.29, 0.717) is 11.3 Å². The molecular weight excluding hydrogens is 202 g/mol. The van der Waals surface area contributed by atoms with Gasteiger partial charge in [-0.2, -0.15) is 0 Å². The minimum absolute atomic E-state index is 0.510. The molecule has 2 unspecified atom stereocenters. The molecule has 0 saturated carbocycles. The first-order valence-electron chi connectivity index (χ1n) is 5.56. The van der Waals surface area contributed by atoms with E-state index in [2.05, 4.69) is 51.1 Å². The number of nitrogens with zero attached hydrogens (tertiary/aromatic N) is 1. The molecule has 0 aromatic heterocycles. The maximum absolute atomic E-state index is 4.47. The Kier molecular flexibility index (Phi) is 13.1. The molecule has 88 valence electrons. The van der Waals surface area contributed by atoms with Crippen LogP contribution in [0.25, 0.3) is 0 Å². The first-order chi connectivity index (χ1) is 7.24. The molecule has 15 heavy (non-hydrogen) atoms. The highest BCUT2D eigenvalue weighted by atomic mass is 32.2. The average Bonchev–Trinajstić information content (AvgIpc) is 2.60. The van der Waals surface area contributed by atoms with Crippen LogP contribution in [-0.2, 0) is 0 Å². The molecule has 0 aromatic carbocycles. The lowest BCUT2D eigenvalue weighted by molar-refractivity contribution is 0.710. The van der Waals surface area contributed by atoms with Crippen molar-refractivity contribution in [1.29, 1.82) is 0 Å². The lowest BCUT2D eigenvalue weighted by Crippen LogP contribution is -2.11. The molecular formula is C13H25NS. The van der Waals surface area contributed by atoms with Gasteiger partial charge in [0.1, 0.15) is 0 Å². The summed E-state index contributed by atoms with van der Waals surface area (Å²) in [7, 11) is 0. The third-order valence-corrected chi connectivity index (χ3v) is 3.19. The fourth-order valence-corrected chi connectivity index (χ4v) is 2.36. The molecule has 2 heteroatoms. The summed E-state index contributed by atoms with van der Waals surface area (Å²) in [6.07, 6.45) is 5.49. The Morgan fingerprint density at radius 2 is 1.93 bits per heavy atom. The van der Waals surface area contributed by atoms with E-state index in [4.69, 9.17) is 0 Å². The molecule has 1 rings (SSSR count). The van der Waals surface area contributed by atoms with Crippen LogP contribution in [0, 0.1) is 0 Å². The number of thioether (sulfide) groups is 1. The van der Waals surface area contributed by atoms with Gasteiger partial charge in [-0.25, -0.2) is 0 Å². The molecule has 0 radical (unpaired) electrons. The highest BCUT2D eigenvalue weighted by Crippen LogP contribution is 2.29. The monoisotopic (exact) mass is 227 g/mol. The molecule has 0 N–H and O–H groups in total. The van der Waals surface area contributed by atoms with E-state index in [0.717, 1.165) is 6.42 Å². The van der Waals surface area contributed by atoms with Crippen molar-refractivity contribution in [1.82, 2.24) is 0 Å². The molecule has 0 bridgehead atoms. The third kappa shape index (κ3) is 7.43. The van der Waals surface area contributed by atoms with Gasteiger partial charge in [0.25, 0.3) is 0 Å². The van der Waals surface area contributed by atoms with Crippen molar-refractivity contribution < 1.29 is 0 Å². The van der Waals surface area contributed by atoms with Crippen LogP contribution in [0.5, 0.6) is 0 Å². The summed E-state index contributed by atoms with van der Waals surface area (Å²) in [6, 6.07) is 0.510. The van der Waals surface area contributed by atoms with Gasteiger partial charge in [0.15, 0.2) is 0 Å². The van der Waals surface area contributed by atoms with Gasteiger partial charge in [0.05, 0.1) is 11.1 Å². The quantitative estimate of drug-likeness (QED) is 0.623. The van der Waals surface area contributed by atoms with E-state index in [1.165, 1.54) is 5.04 Å². The fourth-order valence-electron chi connectivity index (χ4n) is 1.23. The van der Waals surface area contributed by atoms with E-state index in [1.54, 1.807) is 0 Å². The summed E-state index contributed by atoms with van der Waals surface area (Å²) in [6.45, 7) is 16.4. The minimum Gasteiger partial charge on any atom is -0.279 e. The second-order valence-corrected chi connectivity index (χ2v) is 4.28. The Morgan fingerprint density at radius 1 is 1.40 bits per heavy atom. The summed E-state index contributed by atoms with van der Waals surface area (Å²) >= 11 is 1.91. The van der Waals surface area contributed by atoms with Crippen LogP contribution < -0.4 is 0 Å². The maximum atomic E-state index is 4.47. The molecule has 1 heterocycles. The largest absolute Gasteiger partial charge is 0.279 e. The molecule has 0 saturated heterocycles. The van der Waals surface area contributed by atoms with Crippen LogP contribution in [-0.4, -0.2) is 16.3 Å². The fraction of sp³-hybridized carbons (Fsp3) is 0.615. The molecule has 1 nitrogen and oxygen atoms in total. The van der Waals surface area contributed by atoms with Crippen LogP contribution in [0.3, 0.4) is 0 Å². The smallest absolute Gasteiger partial charge is 0.0652 e. The minimum atomic E-state index is 0.510. The van der Waals surface area contributed by atoms with Crippen molar-refractivity contribution >= 4 is 16.8 Å². The molecule has 2 atom stereocenters. The van der Waals surface area contributed by atoms with Gasteiger partial charge in [0.2, 0.25) is 0 Å². The number of hydrogen-bond acceptors (Lipinski definition) is 2. The van der Waals surface area contributed by atoms with Crippen molar-refractivity contribution in [3.8, 4) is 0 Å². The highest BCUT2D eigenvalue weighted by Gasteiger charge is 2.22. The zero-order chi connectivity index (χ0) is 12.3. The van der Waals surface area contributed by atoms with E-state index in [-0.39, 0.29) is 0 Å². The van der Waals surface area contributed by atoms with Crippen molar-refractivity contribution in [3.63, 3.8) is 0 Å². The van der Waals surface area contributed by atoms with Crippen molar-refractivity contribution in [2.45, 2.75) is 52.3 Å². The number of hydrogen-bond donors (Lipinski definition) is 0. The normalized spacial score (nSPS) is 23.7. The first kappa shape index (κ1) is 16.9. The molecule has 0 amide bonds. The van der Waals surface area contributed by atoms with Gasteiger partial charge in [-0.15, -0.1) is 24.9 Å². The van der Waals surface area contributed by atoms with Crippen molar-refractivity contribution in [3.05, 3.63) is 25.3 Å². The number of aliphatic imine (C=N–C) groups is 1. The van der Waals surface area contributed by atoms with Gasteiger partial charge in [0, 0.05) is 5.25 Å². The summed E-state index contributed by atoms with van der Waals surface area (Å²) in [5, 5.41) is 1.93. The van der Waals surface area contributed by atoms with Crippen molar-refractivity contribution in [2.75, 3.05) is 0 Å². The zero-order valence-corrected chi connectivity index (χ0v) is 11.6. The second kappa shape index (κ2) is 11.6. The molecule has 0 aromatic rings. The van der Waals surface area contributed by atoms with Crippen molar-refractivity contribution in [2.24, 2.45) is 4.99 Å². The van der Waals surface area contributed by atoms with Crippen LogP contribution in [0.15, 0.2) is 30.3 Å². The molecule has 1 aliphatic rings. The van der Waals surface area contributed by atoms with Crippen LogP contribution in [0.2, 0.25) is 0 Å². The standard InChI is InChI=1S/C9H15NS.C2H6.C2H4/c1-4-5-6-9-7(2)10-8(3)11-9;2*1-2/h4-5,7,9H,6H2,1-3H3;1-2H3;1-2H2/b5-4-;;. The summed E-state index contributed by atoms with van der Waals surface area (Å²) in [5.41, 5.74) is 0. The predicted molar refractivity (Wildman–Crippen MR) is 76.0 cm³/mol. The predicted octanol–water partition coefficient (Wildman–Crippen LogP) is 4.70. The van der Waals surface area contributed by atoms with Gasteiger partial charge in [-0.05, 0) is 27.2 Å². The molecule has 0 spiro atoms. The molecule has 0 aliphatic carbocycles. The van der Waals surface area contributed by atoms with E-state index >= 15 is 0 Å². The molecule has 0 fully saturated rings. The summed E-state index contributed by atoms with van der Waals surface area (Å²) in [4.78, 5) is 4.47. The third-order valence-electron chi connectivity index (χ3n) is 1.85. The van der Waals surface area contributed by atoms with E-state index in [9.17, 15) is 0 Å². The Hall–Kier alpha value is -0.500. The Bertz CT molecular complexity index is 197. The summed E-state index contributed by atoms with van der Waals surface area (Å²) < 4.78 is 0. The summed E-state index contributed by atoms with van der Waals surface area (Å²) in [5.74, 6) is 0. The van der Waals surface area contributed by atoms with Crippen LogP contribution in [0.4, 0.5) is 0 Å². The van der Waals surface area contributed by atoms with Gasteiger partial charge in [-0.3, -0.25) is 4.99 Å². The lowest BCUT2D eigenvalue weighted by atomic mass is 10.2. The lowest BCUT2D eigenvalue weighted by Gasteiger charge is -2.09. The first-order valence-corrected chi connectivity index (χ1v) is 6.44. The van der Waals surface area contributed by atoms with Crippen LogP contribution >= 0.6 is 11.8 Å².